The number of likely N-dealkylation sites (N-methyl/N-ethyl adjacent to an activating group) is 1. The molecule has 0 fully saturated rings. The highest BCUT2D eigenvalue weighted by atomic mass is 16.2. The number of nitriles is 1. The van der Waals surface area contributed by atoms with E-state index in [-0.39, 0.29) is 5.91 Å². The number of carbonyl (C=O) groups excluding carboxylic acids is 1. The van der Waals surface area contributed by atoms with E-state index >= 15 is 0 Å². The highest BCUT2D eigenvalue weighted by Gasteiger charge is 2.14. The average molecular weight is 358 g/mol. The largest absolute Gasteiger partial charge is 0.340 e. The van der Waals surface area contributed by atoms with Crippen LogP contribution in [0.15, 0.2) is 61.1 Å². The van der Waals surface area contributed by atoms with Crippen molar-refractivity contribution in [3.63, 3.8) is 0 Å². The summed E-state index contributed by atoms with van der Waals surface area (Å²) >= 11 is 0. The van der Waals surface area contributed by atoms with Gasteiger partial charge in [-0.1, -0.05) is 0 Å². The van der Waals surface area contributed by atoms with E-state index in [1.54, 1.807) is 60.9 Å². The molecule has 2 aromatic heterocycles. The molecule has 7 nitrogen and oxygen atoms in total. The van der Waals surface area contributed by atoms with Crippen LogP contribution in [0.25, 0.3) is 0 Å². The summed E-state index contributed by atoms with van der Waals surface area (Å²) in [6.07, 6.45) is 5.76. The van der Waals surface area contributed by atoms with Gasteiger partial charge in [0.05, 0.1) is 11.6 Å². The average Bonchev–Trinajstić information content (AvgIpc) is 2.73. The first-order valence-electron chi connectivity index (χ1n) is 8.40. The van der Waals surface area contributed by atoms with Crippen LogP contribution in [0, 0.1) is 11.3 Å². The monoisotopic (exact) mass is 358 g/mol. The lowest BCUT2D eigenvalue weighted by molar-refractivity contribution is 0.0791. The SMILES string of the molecule is CN(CCc1ccncc1)C(=O)c1ccnc(Nc2ccc(C#N)cc2)n1. The second-order valence-electron chi connectivity index (χ2n) is 5.91. The van der Waals surface area contributed by atoms with Gasteiger partial charge in [-0.2, -0.15) is 5.26 Å². The van der Waals surface area contributed by atoms with Crippen molar-refractivity contribution in [2.24, 2.45) is 0 Å². The molecule has 0 atom stereocenters. The maximum atomic E-state index is 12.6. The van der Waals surface area contributed by atoms with E-state index in [1.165, 1.54) is 0 Å². The molecular formula is C20H18N6O. The van der Waals surface area contributed by atoms with Crippen LogP contribution in [0.4, 0.5) is 11.6 Å². The first kappa shape index (κ1) is 18.0. The molecule has 3 rings (SSSR count). The predicted octanol–water partition coefficient (Wildman–Crippen LogP) is 2.80. The van der Waals surface area contributed by atoms with Gasteiger partial charge in [-0.25, -0.2) is 9.97 Å². The fraction of sp³-hybridized carbons (Fsp3) is 0.150. The maximum Gasteiger partial charge on any atom is 0.272 e. The predicted molar refractivity (Wildman–Crippen MR) is 101 cm³/mol. The van der Waals surface area contributed by atoms with Crippen molar-refractivity contribution in [1.29, 1.82) is 5.26 Å². The molecular weight excluding hydrogens is 340 g/mol. The van der Waals surface area contributed by atoms with Crippen LogP contribution < -0.4 is 5.32 Å². The van der Waals surface area contributed by atoms with Crippen molar-refractivity contribution in [2.45, 2.75) is 6.42 Å². The summed E-state index contributed by atoms with van der Waals surface area (Å²) in [6, 6.07) is 14.4. The van der Waals surface area contributed by atoms with Gasteiger partial charge in [-0.3, -0.25) is 9.78 Å². The zero-order valence-corrected chi connectivity index (χ0v) is 14.8. The van der Waals surface area contributed by atoms with Gasteiger partial charge in [0.25, 0.3) is 5.91 Å². The maximum absolute atomic E-state index is 12.6. The van der Waals surface area contributed by atoms with Crippen LogP contribution in [0.1, 0.15) is 21.6 Å². The topological polar surface area (TPSA) is 94.8 Å². The van der Waals surface area contributed by atoms with E-state index in [2.05, 4.69) is 26.3 Å². The van der Waals surface area contributed by atoms with Crippen LogP contribution in [-0.4, -0.2) is 39.4 Å². The molecule has 1 aromatic carbocycles. The highest BCUT2D eigenvalue weighted by molar-refractivity contribution is 5.92. The number of nitrogens with one attached hydrogen (secondary N) is 1. The van der Waals surface area contributed by atoms with Crippen molar-refractivity contribution in [1.82, 2.24) is 19.9 Å². The summed E-state index contributed by atoms with van der Waals surface area (Å²) in [5.41, 5.74) is 2.75. The fourth-order valence-electron chi connectivity index (χ4n) is 2.44. The van der Waals surface area contributed by atoms with Crippen molar-refractivity contribution in [3.05, 3.63) is 77.9 Å². The molecule has 0 unspecified atom stereocenters. The fourth-order valence-corrected chi connectivity index (χ4v) is 2.44. The number of benzene rings is 1. The number of hydrogen-bond donors (Lipinski definition) is 1. The summed E-state index contributed by atoms with van der Waals surface area (Å²) in [4.78, 5) is 26.7. The minimum atomic E-state index is -0.172. The standard InChI is InChI=1S/C20H18N6O/c1-26(13-9-15-6-10-22-11-7-15)19(27)18-8-12-23-20(25-18)24-17-4-2-16(14-21)3-5-17/h2-8,10-12H,9,13H2,1H3,(H,23,24,25). The molecule has 3 aromatic rings. The summed E-state index contributed by atoms with van der Waals surface area (Å²) < 4.78 is 0. The number of amides is 1. The molecule has 0 saturated heterocycles. The summed E-state index contributed by atoms with van der Waals surface area (Å²) in [6.45, 7) is 0.575. The second-order valence-corrected chi connectivity index (χ2v) is 5.91. The Hall–Kier alpha value is -3.79. The molecule has 0 bridgehead atoms. The van der Waals surface area contributed by atoms with E-state index in [0.717, 1.165) is 17.7 Å². The molecule has 1 amide bonds. The molecule has 0 aliphatic heterocycles. The van der Waals surface area contributed by atoms with E-state index in [9.17, 15) is 4.79 Å². The van der Waals surface area contributed by atoms with Gasteiger partial charge in [0.2, 0.25) is 5.95 Å². The van der Waals surface area contributed by atoms with E-state index in [1.807, 2.05) is 12.1 Å². The van der Waals surface area contributed by atoms with Crippen molar-refractivity contribution >= 4 is 17.5 Å². The molecule has 27 heavy (non-hydrogen) atoms. The number of rotatable bonds is 6. The Kier molecular flexibility index (Phi) is 5.70. The lowest BCUT2D eigenvalue weighted by atomic mass is 10.2. The molecule has 0 radical (unpaired) electrons. The zero-order valence-electron chi connectivity index (χ0n) is 14.8. The smallest absolute Gasteiger partial charge is 0.272 e. The number of anilines is 2. The molecule has 2 heterocycles. The lowest BCUT2D eigenvalue weighted by Crippen LogP contribution is -2.29. The van der Waals surface area contributed by atoms with Gasteiger partial charge in [0.1, 0.15) is 5.69 Å². The number of nitrogens with zero attached hydrogens (tertiary/aromatic N) is 5. The summed E-state index contributed by atoms with van der Waals surface area (Å²) in [7, 11) is 1.75. The Morgan fingerprint density at radius 3 is 2.56 bits per heavy atom. The highest BCUT2D eigenvalue weighted by Crippen LogP contribution is 2.14. The number of aromatic nitrogens is 3. The summed E-state index contributed by atoms with van der Waals surface area (Å²) in [5.74, 6) is 0.155. The molecule has 7 heteroatoms. The first-order chi connectivity index (χ1) is 13.2. The van der Waals surface area contributed by atoms with Crippen LogP contribution in [0.2, 0.25) is 0 Å². The third-order valence-corrected chi connectivity index (χ3v) is 3.98. The summed E-state index contributed by atoms with van der Waals surface area (Å²) in [5, 5.41) is 11.9. The Bertz CT molecular complexity index is 950. The molecule has 0 aliphatic rings. The normalized spacial score (nSPS) is 10.1. The van der Waals surface area contributed by atoms with Gasteiger partial charge in [-0.05, 0) is 54.4 Å². The third kappa shape index (κ3) is 4.86. The van der Waals surface area contributed by atoms with Gasteiger partial charge in [-0.15, -0.1) is 0 Å². The zero-order chi connectivity index (χ0) is 19.1. The van der Waals surface area contributed by atoms with Crippen LogP contribution in [-0.2, 0) is 6.42 Å². The van der Waals surface area contributed by atoms with Crippen molar-refractivity contribution in [2.75, 3.05) is 18.9 Å². The van der Waals surface area contributed by atoms with E-state index in [0.29, 0.717) is 23.8 Å². The van der Waals surface area contributed by atoms with Crippen LogP contribution in [0.3, 0.4) is 0 Å². The van der Waals surface area contributed by atoms with Crippen LogP contribution in [0.5, 0.6) is 0 Å². The minimum Gasteiger partial charge on any atom is -0.340 e. The second kappa shape index (κ2) is 8.54. The van der Waals surface area contributed by atoms with E-state index in [4.69, 9.17) is 5.26 Å². The molecule has 1 N–H and O–H groups in total. The molecule has 0 aliphatic carbocycles. The van der Waals surface area contributed by atoms with Gasteiger partial charge in [0, 0.05) is 37.9 Å². The Balaban J connectivity index is 1.64. The van der Waals surface area contributed by atoms with Crippen LogP contribution >= 0.6 is 0 Å². The van der Waals surface area contributed by atoms with E-state index < -0.39 is 0 Å². The molecule has 0 saturated carbocycles. The third-order valence-electron chi connectivity index (χ3n) is 3.98. The first-order valence-corrected chi connectivity index (χ1v) is 8.40. The number of hydrogen-bond acceptors (Lipinski definition) is 6. The van der Waals surface area contributed by atoms with Crippen molar-refractivity contribution in [3.8, 4) is 6.07 Å². The molecule has 134 valence electrons. The van der Waals surface area contributed by atoms with Gasteiger partial charge in [0.15, 0.2) is 0 Å². The number of pyridine rings is 1. The lowest BCUT2D eigenvalue weighted by Gasteiger charge is -2.17. The van der Waals surface area contributed by atoms with Gasteiger partial charge < -0.3 is 10.2 Å². The quantitative estimate of drug-likeness (QED) is 0.728. The Morgan fingerprint density at radius 2 is 1.85 bits per heavy atom. The Labute approximate surface area is 157 Å². The van der Waals surface area contributed by atoms with Crippen molar-refractivity contribution < 1.29 is 4.79 Å². The number of carbonyl (C=O) groups is 1. The molecule has 0 spiro atoms. The van der Waals surface area contributed by atoms with Gasteiger partial charge >= 0.3 is 0 Å². The minimum absolute atomic E-state index is 0.172. The Morgan fingerprint density at radius 1 is 1.11 bits per heavy atom.